The first-order valence-electron chi connectivity index (χ1n) is 6.20. The number of amides is 2. The summed E-state index contributed by atoms with van der Waals surface area (Å²) in [7, 11) is 4.70. The smallest absolute Gasteiger partial charge is 0.326 e. The topological polar surface area (TPSA) is 70.1 Å². The van der Waals surface area contributed by atoms with E-state index in [4.69, 9.17) is 9.84 Å². The van der Waals surface area contributed by atoms with Crippen LogP contribution in [-0.2, 0) is 11.3 Å². The van der Waals surface area contributed by atoms with Crippen LogP contribution in [0, 0.1) is 0 Å². The Morgan fingerprint density at radius 3 is 2.25 bits per heavy atom. The number of methoxy groups -OCH3 is 1. The lowest BCUT2D eigenvalue weighted by molar-refractivity contribution is -0.141. The van der Waals surface area contributed by atoms with Crippen molar-refractivity contribution >= 4 is 12.0 Å². The lowest BCUT2D eigenvalue weighted by Crippen LogP contribution is -2.46. The van der Waals surface area contributed by atoms with Crippen molar-refractivity contribution in [1.82, 2.24) is 9.80 Å². The van der Waals surface area contributed by atoms with Crippen LogP contribution in [0.25, 0.3) is 0 Å². The van der Waals surface area contributed by atoms with Crippen molar-refractivity contribution in [3.63, 3.8) is 0 Å². The van der Waals surface area contributed by atoms with Crippen molar-refractivity contribution in [2.45, 2.75) is 19.5 Å². The standard InChI is InChI=1S/C14H20N2O4/c1-10(13(17)18)16(3)14(19)15(2)9-11-5-7-12(20-4)8-6-11/h5-8,10H,9H2,1-4H3,(H,17,18). The molecule has 0 spiro atoms. The molecule has 2 amide bonds. The maximum atomic E-state index is 12.1. The van der Waals surface area contributed by atoms with Crippen molar-refractivity contribution in [3.05, 3.63) is 29.8 Å². The lowest BCUT2D eigenvalue weighted by Gasteiger charge is -2.27. The Hall–Kier alpha value is -2.24. The number of likely N-dealkylation sites (N-methyl/N-ethyl adjacent to an activating group) is 1. The van der Waals surface area contributed by atoms with Crippen molar-refractivity contribution in [2.75, 3.05) is 21.2 Å². The highest BCUT2D eigenvalue weighted by Crippen LogP contribution is 2.13. The van der Waals surface area contributed by atoms with E-state index in [9.17, 15) is 9.59 Å². The number of carbonyl (C=O) groups excluding carboxylic acids is 1. The third-order valence-corrected chi connectivity index (χ3v) is 3.15. The zero-order chi connectivity index (χ0) is 15.3. The Morgan fingerprint density at radius 1 is 1.25 bits per heavy atom. The summed E-state index contributed by atoms with van der Waals surface area (Å²) < 4.78 is 5.06. The Labute approximate surface area is 118 Å². The van der Waals surface area contributed by atoms with E-state index in [1.54, 1.807) is 14.2 Å². The first-order chi connectivity index (χ1) is 9.36. The molecule has 0 fully saturated rings. The fraction of sp³-hybridized carbons (Fsp3) is 0.429. The van der Waals surface area contributed by atoms with Gasteiger partial charge < -0.3 is 19.6 Å². The molecule has 6 heteroatoms. The van der Waals surface area contributed by atoms with E-state index in [0.29, 0.717) is 6.54 Å². The summed E-state index contributed by atoms with van der Waals surface area (Å²) in [5.74, 6) is -0.280. The number of carbonyl (C=O) groups is 2. The van der Waals surface area contributed by atoms with Gasteiger partial charge in [-0.15, -0.1) is 0 Å². The van der Waals surface area contributed by atoms with E-state index in [0.717, 1.165) is 11.3 Å². The molecule has 1 aromatic rings. The predicted molar refractivity (Wildman–Crippen MR) is 74.7 cm³/mol. The minimum atomic E-state index is -1.03. The molecule has 1 unspecified atom stereocenters. The molecule has 6 nitrogen and oxygen atoms in total. The van der Waals surface area contributed by atoms with Gasteiger partial charge in [0.05, 0.1) is 7.11 Å². The van der Waals surface area contributed by atoms with Crippen LogP contribution < -0.4 is 4.74 Å². The molecule has 0 aliphatic carbocycles. The highest BCUT2D eigenvalue weighted by atomic mass is 16.5. The minimum Gasteiger partial charge on any atom is -0.497 e. The quantitative estimate of drug-likeness (QED) is 0.890. The van der Waals surface area contributed by atoms with Crippen LogP contribution in [0.2, 0.25) is 0 Å². The molecule has 1 rings (SSSR count). The summed E-state index contributed by atoms with van der Waals surface area (Å²) in [6.45, 7) is 1.88. The summed E-state index contributed by atoms with van der Waals surface area (Å²) in [4.78, 5) is 25.6. The summed E-state index contributed by atoms with van der Waals surface area (Å²) in [5.41, 5.74) is 0.943. The third kappa shape index (κ3) is 3.88. The first-order valence-corrected chi connectivity index (χ1v) is 6.20. The highest BCUT2D eigenvalue weighted by molar-refractivity contribution is 5.82. The summed E-state index contributed by atoms with van der Waals surface area (Å²) in [6.07, 6.45) is 0. The van der Waals surface area contributed by atoms with Crippen LogP contribution in [0.5, 0.6) is 5.75 Å². The normalized spacial score (nSPS) is 11.6. The van der Waals surface area contributed by atoms with Crippen LogP contribution in [0.3, 0.4) is 0 Å². The number of carboxylic acids is 1. The number of rotatable bonds is 5. The van der Waals surface area contributed by atoms with E-state index >= 15 is 0 Å². The Morgan fingerprint density at radius 2 is 1.80 bits per heavy atom. The van der Waals surface area contributed by atoms with Gasteiger partial charge in [0.2, 0.25) is 0 Å². The Bertz CT molecular complexity index is 473. The van der Waals surface area contributed by atoms with Gasteiger partial charge in [-0.25, -0.2) is 9.59 Å². The molecule has 0 aliphatic heterocycles. The molecule has 0 heterocycles. The number of ether oxygens (including phenoxy) is 1. The van der Waals surface area contributed by atoms with E-state index in [1.807, 2.05) is 24.3 Å². The fourth-order valence-corrected chi connectivity index (χ4v) is 1.67. The summed E-state index contributed by atoms with van der Waals surface area (Å²) >= 11 is 0. The van der Waals surface area contributed by atoms with Gasteiger partial charge in [0, 0.05) is 20.6 Å². The number of hydrogen-bond donors (Lipinski definition) is 1. The monoisotopic (exact) mass is 280 g/mol. The van der Waals surface area contributed by atoms with Crippen molar-refractivity contribution in [3.8, 4) is 5.75 Å². The summed E-state index contributed by atoms with van der Waals surface area (Å²) in [5, 5.41) is 8.90. The number of hydrogen-bond acceptors (Lipinski definition) is 3. The fourth-order valence-electron chi connectivity index (χ4n) is 1.67. The van der Waals surface area contributed by atoms with Crippen molar-refractivity contribution in [1.29, 1.82) is 0 Å². The average molecular weight is 280 g/mol. The molecule has 1 aromatic carbocycles. The number of carboxylic acid groups (broad SMARTS) is 1. The lowest BCUT2D eigenvalue weighted by atomic mass is 10.2. The number of benzene rings is 1. The molecule has 0 radical (unpaired) electrons. The Balaban J connectivity index is 2.67. The molecule has 0 saturated carbocycles. The largest absolute Gasteiger partial charge is 0.497 e. The summed E-state index contributed by atoms with van der Waals surface area (Å²) in [6, 6.07) is 6.16. The van der Waals surface area contributed by atoms with E-state index in [-0.39, 0.29) is 6.03 Å². The molecule has 0 saturated heterocycles. The molecular formula is C14H20N2O4. The molecule has 0 aliphatic rings. The molecule has 110 valence electrons. The van der Waals surface area contributed by atoms with Crippen LogP contribution in [-0.4, -0.2) is 54.2 Å². The van der Waals surface area contributed by atoms with E-state index < -0.39 is 12.0 Å². The van der Waals surface area contributed by atoms with Crippen LogP contribution in [0.15, 0.2) is 24.3 Å². The number of nitrogens with zero attached hydrogens (tertiary/aromatic N) is 2. The molecular weight excluding hydrogens is 260 g/mol. The number of aliphatic carboxylic acids is 1. The minimum absolute atomic E-state index is 0.337. The zero-order valence-electron chi connectivity index (χ0n) is 12.2. The maximum absolute atomic E-state index is 12.1. The second kappa shape index (κ2) is 6.79. The van der Waals surface area contributed by atoms with E-state index in [1.165, 1.54) is 23.8 Å². The van der Waals surface area contributed by atoms with Crippen LogP contribution in [0.4, 0.5) is 4.79 Å². The van der Waals surface area contributed by atoms with Crippen molar-refractivity contribution in [2.24, 2.45) is 0 Å². The highest BCUT2D eigenvalue weighted by Gasteiger charge is 2.24. The number of urea groups is 1. The Kier molecular flexibility index (Phi) is 5.37. The SMILES string of the molecule is COc1ccc(CN(C)C(=O)N(C)C(C)C(=O)O)cc1. The predicted octanol–water partition coefficient (Wildman–Crippen LogP) is 1.65. The van der Waals surface area contributed by atoms with Gasteiger partial charge in [-0.2, -0.15) is 0 Å². The van der Waals surface area contributed by atoms with Crippen LogP contribution in [0.1, 0.15) is 12.5 Å². The van der Waals surface area contributed by atoms with Gasteiger partial charge >= 0.3 is 12.0 Å². The molecule has 20 heavy (non-hydrogen) atoms. The second-order valence-corrected chi connectivity index (χ2v) is 4.61. The van der Waals surface area contributed by atoms with E-state index in [2.05, 4.69) is 0 Å². The molecule has 0 bridgehead atoms. The van der Waals surface area contributed by atoms with Gasteiger partial charge in [0.1, 0.15) is 11.8 Å². The molecule has 0 aromatic heterocycles. The van der Waals surface area contributed by atoms with Gasteiger partial charge in [-0.05, 0) is 24.6 Å². The van der Waals surface area contributed by atoms with Crippen LogP contribution >= 0.6 is 0 Å². The van der Waals surface area contributed by atoms with Gasteiger partial charge in [-0.1, -0.05) is 12.1 Å². The molecule has 1 atom stereocenters. The zero-order valence-corrected chi connectivity index (χ0v) is 12.2. The second-order valence-electron chi connectivity index (χ2n) is 4.61. The van der Waals surface area contributed by atoms with Gasteiger partial charge in [-0.3, -0.25) is 0 Å². The molecule has 1 N–H and O–H groups in total. The third-order valence-electron chi connectivity index (χ3n) is 3.15. The average Bonchev–Trinajstić information content (AvgIpc) is 2.45. The van der Waals surface area contributed by atoms with Gasteiger partial charge in [0.15, 0.2) is 0 Å². The van der Waals surface area contributed by atoms with Crippen molar-refractivity contribution < 1.29 is 19.4 Å². The van der Waals surface area contributed by atoms with Gasteiger partial charge in [0.25, 0.3) is 0 Å². The first kappa shape index (κ1) is 15.8. The maximum Gasteiger partial charge on any atom is 0.326 e.